The quantitative estimate of drug-likeness (QED) is 0.845. The molecule has 0 saturated carbocycles. The Balaban J connectivity index is 1.86. The molecule has 2 aromatic rings. The topological polar surface area (TPSA) is 58.6 Å². The van der Waals surface area contributed by atoms with Gasteiger partial charge >= 0.3 is 0 Å². The monoisotopic (exact) mass is 304 g/mol. The predicted molar refractivity (Wildman–Crippen MR) is 80.2 cm³/mol. The highest BCUT2D eigenvalue weighted by atomic mass is 19.1. The van der Waals surface area contributed by atoms with Crippen LogP contribution >= 0.6 is 0 Å². The van der Waals surface area contributed by atoms with Gasteiger partial charge in [0, 0.05) is 26.7 Å². The van der Waals surface area contributed by atoms with E-state index in [2.05, 4.69) is 9.97 Å². The lowest BCUT2D eigenvalue weighted by Crippen LogP contribution is -2.51. The minimum Gasteiger partial charge on any atom is -0.383 e. The first-order valence-corrected chi connectivity index (χ1v) is 7.11. The van der Waals surface area contributed by atoms with E-state index in [-0.39, 0.29) is 18.3 Å². The Morgan fingerprint density at radius 1 is 1.32 bits per heavy atom. The summed E-state index contributed by atoms with van der Waals surface area (Å²) in [7, 11) is 1.61. The van der Waals surface area contributed by atoms with Crippen LogP contribution < -0.4 is 4.90 Å². The molecule has 0 bridgehead atoms. The number of rotatable bonds is 4. The van der Waals surface area contributed by atoms with Gasteiger partial charge in [0.1, 0.15) is 18.0 Å². The van der Waals surface area contributed by atoms with Gasteiger partial charge < -0.3 is 14.5 Å². The van der Waals surface area contributed by atoms with Crippen LogP contribution in [0.15, 0.2) is 24.5 Å². The van der Waals surface area contributed by atoms with Gasteiger partial charge in [-0.1, -0.05) is 6.07 Å². The van der Waals surface area contributed by atoms with Gasteiger partial charge in [-0.25, -0.2) is 14.4 Å². The number of carbonyl (C=O) groups excluding carboxylic acids is 1. The highest BCUT2D eigenvalue weighted by molar-refractivity contribution is 5.92. The molecule has 0 N–H and O–H groups in total. The third kappa shape index (κ3) is 2.71. The van der Waals surface area contributed by atoms with Crippen molar-refractivity contribution in [1.82, 2.24) is 14.9 Å². The lowest BCUT2D eigenvalue weighted by Gasteiger charge is -2.35. The fourth-order valence-electron chi connectivity index (χ4n) is 2.62. The Bertz CT molecular complexity index is 689. The van der Waals surface area contributed by atoms with E-state index in [9.17, 15) is 9.18 Å². The Labute approximate surface area is 127 Å². The van der Waals surface area contributed by atoms with Gasteiger partial charge in [-0.3, -0.25) is 4.79 Å². The number of benzene rings is 1. The van der Waals surface area contributed by atoms with Crippen molar-refractivity contribution in [1.29, 1.82) is 0 Å². The van der Waals surface area contributed by atoms with Crippen LogP contribution in [0.4, 0.5) is 10.2 Å². The van der Waals surface area contributed by atoms with Crippen molar-refractivity contribution in [3.63, 3.8) is 0 Å². The molecule has 1 amide bonds. The summed E-state index contributed by atoms with van der Waals surface area (Å²) in [6, 6.07) is 4.73. The molecule has 0 atom stereocenters. The van der Waals surface area contributed by atoms with E-state index >= 15 is 0 Å². The molecule has 6 nitrogen and oxygen atoms in total. The lowest BCUT2D eigenvalue weighted by molar-refractivity contribution is -0.131. The molecule has 1 aromatic carbocycles. The van der Waals surface area contributed by atoms with Crippen LogP contribution in [0.1, 0.15) is 0 Å². The molecule has 3 rings (SSSR count). The number of hydrogen-bond acceptors (Lipinski definition) is 5. The van der Waals surface area contributed by atoms with E-state index in [1.54, 1.807) is 29.0 Å². The van der Waals surface area contributed by atoms with Gasteiger partial charge in [0.2, 0.25) is 5.91 Å². The van der Waals surface area contributed by atoms with Crippen LogP contribution in [-0.4, -0.2) is 60.7 Å². The maximum Gasteiger partial charge on any atom is 0.242 e. The van der Waals surface area contributed by atoms with E-state index in [0.717, 1.165) is 0 Å². The number of fused-ring (bicyclic) bond motifs is 1. The number of amides is 1. The highest BCUT2D eigenvalue weighted by Gasteiger charge is 2.26. The SMILES string of the molecule is COCCN1CCN(c2ncnc3cccc(F)c23)CC1=O. The summed E-state index contributed by atoms with van der Waals surface area (Å²) in [5.41, 5.74) is 0.541. The number of methoxy groups -OCH3 is 1. The van der Waals surface area contributed by atoms with E-state index in [4.69, 9.17) is 4.74 Å². The maximum absolute atomic E-state index is 14.1. The number of aromatic nitrogens is 2. The average Bonchev–Trinajstić information content (AvgIpc) is 2.53. The molecule has 116 valence electrons. The Morgan fingerprint density at radius 2 is 2.18 bits per heavy atom. The predicted octanol–water partition coefficient (Wildman–Crippen LogP) is 1.06. The summed E-state index contributed by atoms with van der Waals surface area (Å²) in [5, 5.41) is 0.364. The largest absolute Gasteiger partial charge is 0.383 e. The molecule has 0 radical (unpaired) electrons. The summed E-state index contributed by atoms with van der Waals surface area (Å²) in [6.45, 7) is 2.45. The van der Waals surface area contributed by atoms with Crippen LogP contribution in [0.5, 0.6) is 0 Å². The first-order valence-electron chi connectivity index (χ1n) is 7.11. The van der Waals surface area contributed by atoms with Crippen molar-refractivity contribution in [3.8, 4) is 0 Å². The summed E-state index contributed by atoms with van der Waals surface area (Å²) in [5.74, 6) is 0.0941. The third-order valence-corrected chi connectivity index (χ3v) is 3.78. The number of carbonyl (C=O) groups is 1. The van der Waals surface area contributed by atoms with E-state index in [1.807, 2.05) is 0 Å². The Hall–Kier alpha value is -2.28. The summed E-state index contributed by atoms with van der Waals surface area (Å²) in [6.07, 6.45) is 1.40. The van der Waals surface area contributed by atoms with E-state index < -0.39 is 0 Å². The second-order valence-corrected chi connectivity index (χ2v) is 5.13. The third-order valence-electron chi connectivity index (χ3n) is 3.78. The fraction of sp³-hybridized carbons (Fsp3) is 0.400. The van der Waals surface area contributed by atoms with Crippen LogP contribution in [0, 0.1) is 5.82 Å². The first-order chi connectivity index (χ1) is 10.7. The number of anilines is 1. The van der Waals surface area contributed by atoms with Crippen molar-refractivity contribution in [2.45, 2.75) is 0 Å². The molecule has 1 aliphatic rings. The molecule has 0 aliphatic carbocycles. The number of ether oxygens (including phenoxy) is 1. The molecule has 0 spiro atoms. The molecule has 1 saturated heterocycles. The lowest BCUT2D eigenvalue weighted by atomic mass is 10.2. The number of piperazine rings is 1. The van der Waals surface area contributed by atoms with Crippen LogP contribution in [0.2, 0.25) is 0 Å². The van der Waals surface area contributed by atoms with Gasteiger partial charge in [-0.15, -0.1) is 0 Å². The molecule has 22 heavy (non-hydrogen) atoms. The second-order valence-electron chi connectivity index (χ2n) is 5.13. The van der Waals surface area contributed by atoms with E-state index in [1.165, 1.54) is 12.4 Å². The molecule has 7 heteroatoms. The minimum atomic E-state index is -0.373. The van der Waals surface area contributed by atoms with Gasteiger partial charge in [0.05, 0.1) is 24.1 Å². The molecule has 1 fully saturated rings. The molecule has 1 aromatic heterocycles. The Kier molecular flexibility index (Phi) is 4.15. The van der Waals surface area contributed by atoms with Crippen LogP contribution in [-0.2, 0) is 9.53 Å². The van der Waals surface area contributed by atoms with Gasteiger partial charge in [-0.2, -0.15) is 0 Å². The van der Waals surface area contributed by atoms with Gasteiger partial charge in [-0.05, 0) is 12.1 Å². The molecule has 0 unspecified atom stereocenters. The highest BCUT2D eigenvalue weighted by Crippen LogP contribution is 2.26. The van der Waals surface area contributed by atoms with Gasteiger partial charge in [0.15, 0.2) is 0 Å². The first kappa shape index (κ1) is 14.6. The standard InChI is InChI=1S/C15H17FN4O2/c1-22-8-7-19-5-6-20(9-13(19)21)15-14-11(16)3-2-4-12(14)17-10-18-15/h2-4,10H,5-9H2,1H3. The minimum absolute atomic E-state index is 0.00796. The molecule has 1 aliphatic heterocycles. The second kappa shape index (κ2) is 6.23. The van der Waals surface area contributed by atoms with Crippen molar-refractivity contribution in [2.75, 3.05) is 44.8 Å². The van der Waals surface area contributed by atoms with Crippen LogP contribution in [0.25, 0.3) is 10.9 Å². The van der Waals surface area contributed by atoms with Crippen LogP contribution in [0.3, 0.4) is 0 Å². The summed E-state index contributed by atoms with van der Waals surface area (Å²) < 4.78 is 19.1. The summed E-state index contributed by atoms with van der Waals surface area (Å²) >= 11 is 0. The number of hydrogen-bond donors (Lipinski definition) is 0. The van der Waals surface area contributed by atoms with Crippen molar-refractivity contribution < 1.29 is 13.9 Å². The van der Waals surface area contributed by atoms with Crippen molar-refractivity contribution >= 4 is 22.6 Å². The fourth-order valence-corrected chi connectivity index (χ4v) is 2.62. The smallest absolute Gasteiger partial charge is 0.242 e. The molecule has 2 heterocycles. The normalized spacial score (nSPS) is 15.6. The zero-order chi connectivity index (χ0) is 15.5. The number of nitrogens with zero attached hydrogens (tertiary/aromatic N) is 4. The number of halogens is 1. The van der Waals surface area contributed by atoms with Gasteiger partial charge in [0.25, 0.3) is 0 Å². The van der Waals surface area contributed by atoms with Crippen molar-refractivity contribution in [3.05, 3.63) is 30.3 Å². The Morgan fingerprint density at radius 3 is 2.95 bits per heavy atom. The molecular formula is C15H17FN4O2. The average molecular weight is 304 g/mol. The van der Waals surface area contributed by atoms with Crippen molar-refractivity contribution in [2.24, 2.45) is 0 Å². The molecular weight excluding hydrogens is 287 g/mol. The summed E-state index contributed by atoms with van der Waals surface area (Å²) in [4.78, 5) is 24.0. The zero-order valence-electron chi connectivity index (χ0n) is 12.3. The van der Waals surface area contributed by atoms with E-state index in [0.29, 0.717) is 43.0 Å². The maximum atomic E-state index is 14.1. The zero-order valence-corrected chi connectivity index (χ0v) is 12.3.